The van der Waals surface area contributed by atoms with Gasteiger partial charge in [-0.1, -0.05) is 79.0 Å². The standard InChI is InChI=1S/C21H19Cl2N.C2H6/c1-13-7-9-16(14(2)11-13)21(17-5-3-4-6-19(17)23)18-12-15(22)8-10-20(18)24;1-2/h3-12,21H,24H2,1-2H3;1-2H3. The SMILES string of the molecule is CC.Cc1ccc(C(c2cc(Cl)ccc2N)c2ccccc2Cl)c(C)c1. The minimum atomic E-state index is -0.0574. The first kappa shape index (κ1) is 20.4. The van der Waals surface area contributed by atoms with Crippen LogP contribution in [-0.2, 0) is 0 Å². The molecule has 3 aromatic rings. The summed E-state index contributed by atoms with van der Waals surface area (Å²) in [6.07, 6.45) is 0. The molecule has 0 fully saturated rings. The highest BCUT2D eigenvalue weighted by Gasteiger charge is 2.23. The van der Waals surface area contributed by atoms with E-state index in [1.807, 2.05) is 56.3 Å². The highest BCUT2D eigenvalue weighted by molar-refractivity contribution is 6.31. The zero-order valence-electron chi connectivity index (χ0n) is 15.7. The van der Waals surface area contributed by atoms with Crippen LogP contribution in [0.25, 0.3) is 0 Å². The Bertz CT molecular complexity index is 887. The summed E-state index contributed by atoms with van der Waals surface area (Å²) in [5, 5.41) is 1.39. The van der Waals surface area contributed by atoms with E-state index < -0.39 is 0 Å². The van der Waals surface area contributed by atoms with E-state index in [1.54, 1.807) is 0 Å². The molecule has 0 bridgehead atoms. The summed E-state index contributed by atoms with van der Waals surface area (Å²) in [5.74, 6) is -0.0574. The lowest BCUT2D eigenvalue weighted by molar-refractivity contribution is 0.964. The fraction of sp³-hybridized carbons (Fsp3) is 0.217. The van der Waals surface area contributed by atoms with Crippen LogP contribution in [0.1, 0.15) is 47.6 Å². The number of rotatable bonds is 3. The van der Waals surface area contributed by atoms with Gasteiger partial charge in [0.2, 0.25) is 0 Å². The summed E-state index contributed by atoms with van der Waals surface area (Å²) in [5.41, 5.74) is 12.6. The second kappa shape index (κ2) is 9.12. The molecule has 1 atom stereocenters. The largest absolute Gasteiger partial charge is 0.398 e. The number of nitrogen functional groups attached to an aromatic ring is 1. The third kappa shape index (κ3) is 4.41. The van der Waals surface area contributed by atoms with Crippen molar-refractivity contribution < 1.29 is 0 Å². The van der Waals surface area contributed by atoms with Crippen LogP contribution in [-0.4, -0.2) is 0 Å². The lowest BCUT2D eigenvalue weighted by Gasteiger charge is -2.24. The third-order valence-corrected chi connectivity index (χ3v) is 4.89. The van der Waals surface area contributed by atoms with E-state index in [1.165, 1.54) is 16.7 Å². The zero-order chi connectivity index (χ0) is 19.3. The quantitative estimate of drug-likeness (QED) is 0.368. The highest BCUT2D eigenvalue weighted by atomic mass is 35.5. The minimum Gasteiger partial charge on any atom is -0.398 e. The number of aryl methyl sites for hydroxylation is 2. The first-order valence-electron chi connectivity index (χ1n) is 8.84. The van der Waals surface area contributed by atoms with Crippen LogP contribution >= 0.6 is 23.2 Å². The molecule has 1 nitrogen and oxygen atoms in total. The molecule has 3 rings (SSSR count). The van der Waals surface area contributed by atoms with Gasteiger partial charge in [0.1, 0.15) is 0 Å². The fourth-order valence-electron chi connectivity index (χ4n) is 3.16. The Kier molecular flexibility index (Phi) is 7.14. The van der Waals surface area contributed by atoms with E-state index in [0.717, 1.165) is 16.1 Å². The molecule has 0 heterocycles. The first-order valence-corrected chi connectivity index (χ1v) is 9.59. The van der Waals surface area contributed by atoms with E-state index in [0.29, 0.717) is 10.7 Å². The monoisotopic (exact) mass is 385 g/mol. The topological polar surface area (TPSA) is 26.0 Å². The van der Waals surface area contributed by atoms with Gasteiger partial charge < -0.3 is 5.73 Å². The molecule has 3 aromatic carbocycles. The van der Waals surface area contributed by atoms with Crippen molar-refractivity contribution in [2.45, 2.75) is 33.6 Å². The van der Waals surface area contributed by atoms with Crippen molar-refractivity contribution in [2.75, 3.05) is 5.73 Å². The number of anilines is 1. The molecule has 26 heavy (non-hydrogen) atoms. The molecule has 0 aliphatic heterocycles. The molecular weight excluding hydrogens is 361 g/mol. The van der Waals surface area contributed by atoms with Gasteiger partial charge >= 0.3 is 0 Å². The molecule has 0 spiro atoms. The lowest BCUT2D eigenvalue weighted by Crippen LogP contribution is -2.09. The van der Waals surface area contributed by atoms with E-state index in [9.17, 15) is 0 Å². The van der Waals surface area contributed by atoms with Gasteiger partial charge in [-0.3, -0.25) is 0 Å². The Morgan fingerprint density at radius 1 is 0.769 bits per heavy atom. The lowest BCUT2D eigenvalue weighted by atomic mass is 9.82. The Morgan fingerprint density at radius 2 is 1.46 bits per heavy atom. The van der Waals surface area contributed by atoms with E-state index >= 15 is 0 Å². The van der Waals surface area contributed by atoms with Crippen LogP contribution in [0.4, 0.5) is 5.69 Å². The molecule has 0 saturated carbocycles. The van der Waals surface area contributed by atoms with E-state index in [4.69, 9.17) is 28.9 Å². The molecule has 0 saturated heterocycles. The maximum Gasteiger partial charge on any atom is 0.0447 e. The molecule has 136 valence electrons. The van der Waals surface area contributed by atoms with Crippen molar-refractivity contribution in [1.82, 2.24) is 0 Å². The van der Waals surface area contributed by atoms with Gasteiger partial charge in [0.05, 0.1) is 0 Å². The molecule has 3 heteroatoms. The normalized spacial score (nSPS) is 11.5. The second-order valence-corrected chi connectivity index (χ2v) is 6.93. The minimum absolute atomic E-state index is 0.0574. The number of benzene rings is 3. The van der Waals surface area contributed by atoms with Crippen LogP contribution in [0, 0.1) is 13.8 Å². The molecule has 1 unspecified atom stereocenters. The number of nitrogens with two attached hydrogens (primary N) is 1. The predicted molar refractivity (Wildman–Crippen MR) is 116 cm³/mol. The Hall–Kier alpha value is -1.96. The number of hydrogen-bond donors (Lipinski definition) is 1. The average molecular weight is 386 g/mol. The summed E-state index contributed by atoms with van der Waals surface area (Å²) < 4.78 is 0. The van der Waals surface area contributed by atoms with Crippen molar-refractivity contribution in [3.63, 3.8) is 0 Å². The number of halogens is 2. The zero-order valence-corrected chi connectivity index (χ0v) is 17.2. The van der Waals surface area contributed by atoms with Gasteiger partial charge in [0.25, 0.3) is 0 Å². The van der Waals surface area contributed by atoms with Gasteiger partial charge in [-0.15, -0.1) is 0 Å². The van der Waals surface area contributed by atoms with Crippen LogP contribution < -0.4 is 5.73 Å². The maximum atomic E-state index is 6.52. The summed E-state index contributed by atoms with van der Waals surface area (Å²) in [6, 6.07) is 19.9. The van der Waals surface area contributed by atoms with Crippen LogP contribution in [0.3, 0.4) is 0 Å². The summed E-state index contributed by atoms with van der Waals surface area (Å²) >= 11 is 12.8. The van der Waals surface area contributed by atoms with E-state index in [-0.39, 0.29) is 5.92 Å². The fourth-order valence-corrected chi connectivity index (χ4v) is 3.58. The smallest absolute Gasteiger partial charge is 0.0447 e. The van der Waals surface area contributed by atoms with Crippen molar-refractivity contribution in [3.05, 3.63) is 98.5 Å². The Morgan fingerprint density at radius 3 is 2.12 bits per heavy atom. The Balaban J connectivity index is 0.00000117. The van der Waals surface area contributed by atoms with Gasteiger partial charge in [-0.25, -0.2) is 0 Å². The Labute approximate surface area is 166 Å². The summed E-state index contributed by atoms with van der Waals surface area (Å²) in [6.45, 7) is 8.21. The van der Waals surface area contributed by atoms with Crippen LogP contribution in [0.15, 0.2) is 60.7 Å². The molecule has 0 amide bonds. The molecule has 0 aliphatic rings. The molecule has 0 aromatic heterocycles. The van der Waals surface area contributed by atoms with Crippen LogP contribution in [0.5, 0.6) is 0 Å². The highest BCUT2D eigenvalue weighted by Crippen LogP contribution is 2.40. The van der Waals surface area contributed by atoms with Gasteiger partial charge in [0.15, 0.2) is 0 Å². The first-order chi connectivity index (χ1) is 12.5. The third-order valence-electron chi connectivity index (χ3n) is 4.31. The van der Waals surface area contributed by atoms with Crippen molar-refractivity contribution in [1.29, 1.82) is 0 Å². The average Bonchev–Trinajstić information content (AvgIpc) is 2.63. The number of hydrogen-bond acceptors (Lipinski definition) is 1. The maximum absolute atomic E-state index is 6.52. The molecule has 2 N–H and O–H groups in total. The van der Waals surface area contributed by atoms with Gasteiger partial charge in [-0.2, -0.15) is 0 Å². The van der Waals surface area contributed by atoms with Gasteiger partial charge in [0, 0.05) is 21.7 Å². The summed E-state index contributed by atoms with van der Waals surface area (Å²) in [7, 11) is 0. The van der Waals surface area contributed by atoms with Crippen molar-refractivity contribution in [3.8, 4) is 0 Å². The van der Waals surface area contributed by atoms with Gasteiger partial charge in [-0.05, 0) is 60.4 Å². The van der Waals surface area contributed by atoms with Crippen molar-refractivity contribution in [2.24, 2.45) is 0 Å². The van der Waals surface area contributed by atoms with E-state index in [2.05, 4.69) is 32.0 Å². The summed E-state index contributed by atoms with van der Waals surface area (Å²) in [4.78, 5) is 0. The second-order valence-electron chi connectivity index (χ2n) is 6.09. The molecule has 0 aliphatic carbocycles. The molecule has 0 radical (unpaired) electrons. The predicted octanol–water partition coefficient (Wildman–Crippen LogP) is 7.40. The molecular formula is C23H25Cl2N. The van der Waals surface area contributed by atoms with Crippen molar-refractivity contribution >= 4 is 28.9 Å². The van der Waals surface area contributed by atoms with Crippen LogP contribution in [0.2, 0.25) is 10.0 Å².